The van der Waals surface area contributed by atoms with Crippen LogP contribution in [0, 0.1) is 6.92 Å². The first-order valence-corrected chi connectivity index (χ1v) is 6.68. The Morgan fingerprint density at radius 3 is 2.40 bits per heavy atom. The van der Waals surface area contributed by atoms with Gasteiger partial charge < -0.3 is 10.4 Å². The summed E-state index contributed by atoms with van der Waals surface area (Å²) in [6.45, 7) is 3.71. The second-order valence-electron chi connectivity index (χ2n) is 4.95. The molecule has 0 fully saturated rings. The summed E-state index contributed by atoms with van der Waals surface area (Å²) in [5.41, 5.74) is 3.73. The molecule has 0 bridgehead atoms. The van der Waals surface area contributed by atoms with E-state index in [1.54, 1.807) is 19.1 Å². The Hall–Kier alpha value is -2.13. The fourth-order valence-corrected chi connectivity index (χ4v) is 2.03. The molecule has 0 radical (unpaired) electrons. The summed E-state index contributed by atoms with van der Waals surface area (Å²) in [5, 5.41) is 12.3. The van der Waals surface area contributed by atoms with Crippen molar-refractivity contribution in [1.29, 1.82) is 0 Å². The molecule has 20 heavy (non-hydrogen) atoms. The van der Waals surface area contributed by atoms with E-state index in [9.17, 15) is 9.90 Å². The summed E-state index contributed by atoms with van der Waals surface area (Å²) in [6, 6.07) is 15.1. The highest BCUT2D eigenvalue weighted by atomic mass is 16.3. The molecule has 0 saturated carbocycles. The van der Waals surface area contributed by atoms with Crippen LogP contribution < -0.4 is 5.32 Å². The van der Waals surface area contributed by atoms with E-state index in [1.165, 1.54) is 0 Å². The lowest BCUT2D eigenvalue weighted by Crippen LogP contribution is -2.15. The van der Waals surface area contributed by atoms with Gasteiger partial charge in [0.15, 0.2) is 0 Å². The SMILES string of the molecule is Cc1ccccc1CC(=O)Nc1ccc(C(C)O)cc1. The molecule has 0 heterocycles. The molecule has 2 rings (SSSR count). The largest absolute Gasteiger partial charge is 0.389 e. The molecular weight excluding hydrogens is 250 g/mol. The predicted molar refractivity (Wildman–Crippen MR) is 80.6 cm³/mol. The summed E-state index contributed by atoms with van der Waals surface area (Å²) in [7, 11) is 0. The van der Waals surface area contributed by atoms with E-state index in [2.05, 4.69) is 5.32 Å². The number of carbonyl (C=O) groups excluding carboxylic acids is 1. The molecule has 3 heteroatoms. The standard InChI is InChI=1S/C17H19NO2/c1-12-5-3-4-6-15(12)11-17(20)18-16-9-7-14(8-10-16)13(2)19/h3-10,13,19H,11H2,1-2H3,(H,18,20). The monoisotopic (exact) mass is 269 g/mol. The molecular formula is C17H19NO2. The van der Waals surface area contributed by atoms with Crippen LogP contribution >= 0.6 is 0 Å². The van der Waals surface area contributed by atoms with Gasteiger partial charge in [0.05, 0.1) is 12.5 Å². The van der Waals surface area contributed by atoms with E-state index in [0.717, 1.165) is 22.4 Å². The van der Waals surface area contributed by atoms with E-state index in [0.29, 0.717) is 6.42 Å². The van der Waals surface area contributed by atoms with Gasteiger partial charge in [0.25, 0.3) is 0 Å². The van der Waals surface area contributed by atoms with E-state index < -0.39 is 6.10 Å². The Morgan fingerprint density at radius 1 is 1.15 bits per heavy atom. The van der Waals surface area contributed by atoms with Gasteiger partial charge in [-0.1, -0.05) is 36.4 Å². The number of hydrogen-bond donors (Lipinski definition) is 2. The lowest BCUT2D eigenvalue weighted by atomic mass is 10.1. The maximum atomic E-state index is 12.0. The van der Waals surface area contributed by atoms with E-state index in [1.807, 2.05) is 43.3 Å². The number of nitrogens with one attached hydrogen (secondary N) is 1. The molecule has 0 aliphatic carbocycles. The molecule has 0 aromatic heterocycles. The van der Waals surface area contributed by atoms with Gasteiger partial charge in [-0.3, -0.25) is 4.79 Å². The van der Waals surface area contributed by atoms with Crippen molar-refractivity contribution in [2.75, 3.05) is 5.32 Å². The van der Waals surface area contributed by atoms with Crippen LogP contribution in [0.5, 0.6) is 0 Å². The van der Waals surface area contributed by atoms with Crippen molar-refractivity contribution in [1.82, 2.24) is 0 Å². The minimum atomic E-state index is -0.494. The van der Waals surface area contributed by atoms with Crippen LogP contribution in [0.25, 0.3) is 0 Å². The van der Waals surface area contributed by atoms with Crippen molar-refractivity contribution in [2.45, 2.75) is 26.4 Å². The van der Waals surface area contributed by atoms with Crippen LogP contribution in [-0.4, -0.2) is 11.0 Å². The fraction of sp³-hybridized carbons (Fsp3) is 0.235. The molecule has 1 unspecified atom stereocenters. The van der Waals surface area contributed by atoms with Gasteiger partial charge in [0, 0.05) is 5.69 Å². The summed E-state index contributed by atoms with van der Waals surface area (Å²) in [6.07, 6.45) is -0.128. The van der Waals surface area contributed by atoms with Crippen molar-refractivity contribution in [3.05, 3.63) is 65.2 Å². The average molecular weight is 269 g/mol. The molecule has 0 aliphatic heterocycles. The first kappa shape index (κ1) is 14.3. The number of aryl methyl sites for hydroxylation is 1. The smallest absolute Gasteiger partial charge is 0.228 e. The summed E-state index contributed by atoms with van der Waals surface area (Å²) >= 11 is 0. The van der Waals surface area contributed by atoms with Gasteiger partial charge in [-0.15, -0.1) is 0 Å². The highest BCUT2D eigenvalue weighted by molar-refractivity contribution is 5.92. The minimum Gasteiger partial charge on any atom is -0.389 e. The zero-order valence-electron chi connectivity index (χ0n) is 11.8. The third-order valence-corrected chi connectivity index (χ3v) is 3.29. The zero-order valence-corrected chi connectivity index (χ0v) is 11.8. The molecule has 1 amide bonds. The van der Waals surface area contributed by atoms with Gasteiger partial charge in [-0.25, -0.2) is 0 Å². The number of hydrogen-bond acceptors (Lipinski definition) is 2. The number of aliphatic hydroxyl groups is 1. The third-order valence-electron chi connectivity index (χ3n) is 3.29. The minimum absolute atomic E-state index is 0.0379. The zero-order chi connectivity index (χ0) is 14.5. The molecule has 2 N–H and O–H groups in total. The van der Waals surface area contributed by atoms with Crippen LogP contribution in [-0.2, 0) is 11.2 Å². The van der Waals surface area contributed by atoms with E-state index in [-0.39, 0.29) is 5.91 Å². The van der Waals surface area contributed by atoms with Gasteiger partial charge >= 0.3 is 0 Å². The van der Waals surface area contributed by atoms with Gasteiger partial charge in [-0.2, -0.15) is 0 Å². The first-order valence-electron chi connectivity index (χ1n) is 6.68. The molecule has 3 nitrogen and oxygen atoms in total. The van der Waals surface area contributed by atoms with Gasteiger partial charge in [-0.05, 0) is 42.7 Å². The lowest BCUT2D eigenvalue weighted by Gasteiger charge is -2.09. The molecule has 2 aromatic carbocycles. The highest BCUT2D eigenvalue weighted by Gasteiger charge is 2.06. The number of aliphatic hydroxyl groups excluding tert-OH is 1. The molecule has 104 valence electrons. The van der Waals surface area contributed by atoms with E-state index in [4.69, 9.17) is 0 Å². The number of anilines is 1. The highest BCUT2D eigenvalue weighted by Crippen LogP contribution is 2.16. The Morgan fingerprint density at radius 2 is 1.80 bits per heavy atom. The Kier molecular flexibility index (Phi) is 4.53. The number of carbonyl (C=O) groups is 1. The molecule has 0 spiro atoms. The summed E-state index contributed by atoms with van der Waals surface area (Å²) in [5.74, 6) is -0.0379. The van der Waals surface area contributed by atoms with Crippen molar-refractivity contribution in [3.63, 3.8) is 0 Å². The van der Waals surface area contributed by atoms with Gasteiger partial charge in [0.2, 0.25) is 5.91 Å². The van der Waals surface area contributed by atoms with Crippen LogP contribution in [0.15, 0.2) is 48.5 Å². The number of rotatable bonds is 4. The Labute approximate surface area is 119 Å². The van der Waals surface area contributed by atoms with Crippen LogP contribution in [0.1, 0.15) is 29.7 Å². The quantitative estimate of drug-likeness (QED) is 0.895. The number of amides is 1. The lowest BCUT2D eigenvalue weighted by molar-refractivity contribution is -0.115. The van der Waals surface area contributed by atoms with E-state index >= 15 is 0 Å². The van der Waals surface area contributed by atoms with Crippen LogP contribution in [0.3, 0.4) is 0 Å². The topological polar surface area (TPSA) is 49.3 Å². The summed E-state index contributed by atoms with van der Waals surface area (Å²) < 4.78 is 0. The van der Waals surface area contributed by atoms with Crippen molar-refractivity contribution in [3.8, 4) is 0 Å². The fourth-order valence-electron chi connectivity index (χ4n) is 2.03. The van der Waals surface area contributed by atoms with Crippen molar-refractivity contribution in [2.24, 2.45) is 0 Å². The van der Waals surface area contributed by atoms with Crippen LogP contribution in [0.4, 0.5) is 5.69 Å². The molecule has 0 aliphatic rings. The molecule has 1 atom stereocenters. The normalized spacial score (nSPS) is 11.9. The summed E-state index contributed by atoms with van der Waals surface area (Å²) in [4.78, 5) is 12.0. The number of benzene rings is 2. The third kappa shape index (κ3) is 3.68. The second-order valence-corrected chi connectivity index (χ2v) is 4.95. The van der Waals surface area contributed by atoms with Crippen molar-refractivity contribution >= 4 is 11.6 Å². The molecule has 2 aromatic rings. The maximum absolute atomic E-state index is 12.0. The van der Waals surface area contributed by atoms with Crippen molar-refractivity contribution < 1.29 is 9.90 Å². The molecule has 0 saturated heterocycles. The second kappa shape index (κ2) is 6.35. The van der Waals surface area contributed by atoms with Crippen LogP contribution in [0.2, 0.25) is 0 Å². The maximum Gasteiger partial charge on any atom is 0.228 e. The predicted octanol–water partition coefficient (Wildman–Crippen LogP) is 3.23. The first-order chi connectivity index (χ1) is 9.56. The Bertz CT molecular complexity index is 588. The Balaban J connectivity index is 1.99. The van der Waals surface area contributed by atoms with Gasteiger partial charge in [0.1, 0.15) is 0 Å². The average Bonchev–Trinajstić information content (AvgIpc) is 2.42.